The Hall–Kier alpha value is -1.70. The molecule has 0 saturated carbocycles. The molecule has 19 heavy (non-hydrogen) atoms. The molecule has 0 saturated heterocycles. The smallest absolute Gasteiger partial charge is 0.162 e. The van der Waals surface area contributed by atoms with E-state index in [2.05, 4.69) is 43.4 Å². The summed E-state index contributed by atoms with van der Waals surface area (Å²) < 4.78 is 11.5. The van der Waals surface area contributed by atoms with Crippen LogP contribution in [-0.2, 0) is 0 Å². The van der Waals surface area contributed by atoms with Gasteiger partial charge in [0.25, 0.3) is 0 Å². The predicted octanol–water partition coefficient (Wildman–Crippen LogP) is 4.61. The first kappa shape index (κ1) is 13.7. The Kier molecular flexibility index (Phi) is 5.08. The van der Waals surface area contributed by atoms with Gasteiger partial charge in [0.1, 0.15) is 6.10 Å². The Balaban J connectivity index is 2.15. The van der Waals surface area contributed by atoms with Crippen LogP contribution in [0.4, 0.5) is 0 Å². The van der Waals surface area contributed by atoms with Gasteiger partial charge in [-0.3, -0.25) is 0 Å². The molecule has 0 heterocycles. The summed E-state index contributed by atoms with van der Waals surface area (Å²) in [6, 6.07) is 6.09. The average molecular weight is 258 g/mol. The molecule has 0 bridgehead atoms. The number of methoxy groups -OCH3 is 1. The quantitative estimate of drug-likeness (QED) is 0.718. The maximum absolute atomic E-state index is 6.09. The summed E-state index contributed by atoms with van der Waals surface area (Å²) in [7, 11) is 1.69. The van der Waals surface area contributed by atoms with Gasteiger partial charge in [-0.25, -0.2) is 0 Å². The van der Waals surface area contributed by atoms with E-state index in [0.717, 1.165) is 42.7 Å². The summed E-state index contributed by atoms with van der Waals surface area (Å²) in [5, 5.41) is 0. The number of allylic oxidation sites excluding steroid dienone is 2. The lowest BCUT2D eigenvalue weighted by molar-refractivity contribution is 0.183. The first-order valence-corrected chi connectivity index (χ1v) is 6.99. The van der Waals surface area contributed by atoms with E-state index in [9.17, 15) is 0 Å². The van der Waals surface area contributed by atoms with E-state index in [-0.39, 0.29) is 6.10 Å². The molecular weight excluding hydrogens is 236 g/mol. The van der Waals surface area contributed by atoms with Gasteiger partial charge in [-0.2, -0.15) is 0 Å². The van der Waals surface area contributed by atoms with Crippen LogP contribution in [0.1, 0.15) is 38.2 Å². The Morgan fingerprint density at radius 1 is 1.26 bits per heavy atom. The Morgan fingerprint density at radius 2 is 2.16 bits per heavy atom. The fourth-order valence-corrected chi connectivity index (χ4v) is 2.20. The molecular formula is C17H22O2. The Labute approximate surface area is 115 Å². The summed E-state index contributed by atoms with van der Waals surface area (Å²) in [5.74, 6) is 1.66. The summed E-state index contributed by atoms with van der Waals surface area (Å²) >= 11 is 0. The van der Waals surface area contributed by atoms with Crippen LogP contribution in [0, 0.1) is 0 Å². The SMILES string of the molecule is CC/C=C/c1ccc(OC)c(O[C@@H]2CC=CCC2)c1. The van der Waals surface area contributed by atoms with Gasteiger partial charge in [0.2, 0.25) is 0 Å². The van der Waals surface area contributed by atoms with Gasteiger partial charge in [0.15, 0.2) is 11.5 Å². The molecule has 2 nitrogen and oxygen atoms in total. The topological polar surface area (TPSA) is 18.5 Å². The highest BCUT2D eigenvalue weighted by Crippen LogP contribution is 2.31. The molecule has 0 radical (unpaired) electrons. The van der Waals surface area contributed by atoms with Crippen LogP contribution in [-0.4, -0.2) is 13.2 Å². The molecule has 0 aliphatic heterocycles. The molecule has 2 rings (SSSR count). The zero-order valence-electron chi connectivity index (χ0n) is 11.8. The normalized spacial score (nSPS) is 18.7. The highest BCUT2D eigenvalue weighted by atomic mass is 16.5. The van der Waals surface area contributed by atoms with E-state index in [1.54, 1.807) is 7.11 Å². The zero-order chi connectivity index (χ0) is 13.5. The van der Waals surface area contributed by atoms with Crippen molar-refractivity contribution in [1.29, 1.82) is 0 Å². The Morgan fingerprint density at radius 3 is 2.84 bits per heavy atom. The standard InChI is InChI=1S/C17H22O2/c1-3-4-8-14-11-12-16(18-2)17(13-14)19-15-9-6-5-7-10-15/h4-6,8,11-13,15H,3,7,9-10H2,1-2H3/b8-4+/t15-/m1/s1. The monoisotopic (exact) mass is 258 g/mol. The van der Waals surface area contributed by atoms with Crippen molar-refractivity contribution >= 4 is 6.08 Å². The minimum atomic E-state index is 0.268. The number of benzene rings is 1. The van der Waals surface area contributed by atoms with E-state index in [1.165, 1.54) is 0 Å². The van der Waals surface area contributed by atoms with Crippen molar-refractivity contribution in [1.82, 2.24) is 0 Å². The second-order valence-corrected chi connectivity index (χ2v) is 4.75. The fourth-order valence-electron chi connectivity index (χ4n) is 2.20. The lowest BCUT2D eigenvalue weighted by Crippen LogP contribution is -2.17. The van der Waals surface area contributed by atoms with Gasteiger partial charge < -0.3 is 9.47 Å². The minimum Gasteiger partial charge on any atom is -0.493 e. The summed E-state index contributed by atoms with van der Waals surface area (Å²) in [6.07, 6.45) is 13.1. The van der Waals surface area contributed by atoms with Crippen molar-refractivity contribution in [3.63, 3.8) is 0 Å². The lowest BCUT2D eigenvalue weighted by atomic mass is 10.0. The zero-order valence-corrected chi connectivity index (χ0v) is 11.8. The van der Waals surface area contributed by atoms with Crippen molar-refractivity contribution in [2.24, 2.45) is 0 Å². The minimum absolute atomic E-state index is 0.268. The molecule has 1 aliphatic carbocycles. The third-order valence-electron chi connectivity index (χ3n) is 3.25. The van der Waals surface area contributed by atoms with E-state index < -0.39 is 0 Å². The van der Waals surface area contributed by atoms with Crippen LogP contribution in [0.2, 0.25) is 0 Å². The summed E-state index contributed by atoms with van der Waals surface area (Å²) in [4.78, 5) is 0. The van der Waals surface area contributed by atoms with Crippen LogP contribution in [0.25, 0.3) is 6.08 Å². The van der Waals surface area contributed by atoms with E-state index in [1.807, 2.05) is 6.07 Å². The van der Waals surface area contributed by atoms with E-state index in [0.29, 0.717) is 0 Å². The van der Waals surface area contributed by atoms with Crippen molar-refractivity contribution < 1.29 is 9.47 Å². The van der Waals surface area contributed by atoms with Gasteiger partial charge >= 0.3 is 0 Å². The van der Waals surface area contributed by atoms with Crippen LogP contribution in [0.5, 0.6) is 11.5 Å². The molecule has 0 fully saturated rings. The lowest BCUT2D eigenvalue weighted by Gasteiger charge is -2.21. The van der Waals surface area contributed by atoms with Gasteiger partial charge in [-0.05, 0) is 37.0 Å². The maximum atomic E-state index is 6.09. The Bertz CT molecular complexity index is 460. The molecule has 2 heteroatoms. The van der Waals surface area contributed by atoms with Crippen LogP contribution < -0.4 is 9.47 Å². The molecule has 0 spiro atoms. The number of hydrogen-bond donors (Lipinski definition) is 0. The molecule has 1 aromatic carbocycles. The summed E-state index contributed by atoms with van der Waals surface area (Å²) in [6.45, 7) is 2.13. The first-order chi connectivity index (χ1) is 9.33. The van der Waals surface area contributed by atoms with Crippen molar-refractivity contribution in [3.8, 4) is 11.5 Å². The van der Waals surface area contributed by atoms with Crippen LogP contribution >= 0.6 is 0 Å². The average Bonchev–Trinajstić information content (AvgIpc) is 2.46. The largest absolute Gasteiger partial charge is 0.493 e. The highest BCUT2D eigenvalue weighted by molar-refractivity contribution is 5.55. The maximum Gasteiger partial charge on any atom is 0.162 e. The molecule has 0 aromatic heterocycles. The molecule has 0 unspecified atom stereocenters. The van der Waals surface area contributed by atoms with Gasteiger partial charge in [-0.1, -0.05) is 37.3 Å². The third-order valence-corrected chi connectivity index (χ3v) is 3.25. The van der Waals surface area contributed by atoms with Crippen molar-refractivity contribution in [2.75, 3.05) is 7.11 Å². The molecule has 1 aliphatic rings. The van der Waals surface area contributed by atoms with Crippen LogP contribution in [0.3, 0.4) is 0 Å². The van der Waals surface area contributed by atoms with Gasteiger partial charge in [0.05, 0.1) is 7.11 Å². The molecule has 0 amide bonds. The number of ether oxygens (including phenoxy) is 2. The predicted molar refractivity (Wildman–Crippen MR) is 79.7 cm³/mol. The first-order valence-electron chi connectivity index (χ1n) is 6.99. The third kappa shape index (κ3) is 3.88. The molecule has 102 valence electrons. The van der Waals surface area contributed by atoms with Crippen molar-refractivity contribution in [2.45, 2.75) is 38.7 Å². The molecule has 1 aromatic rings. The summed E-state index contributed by atoms with van der Waals surface area (Å²) in [5.41, 5.74) is 1.16. The number of rotatable bonds is 5. The van der Waals surface area contributed by atoms with Crippen LogP contribution in [0.15, 0.2) is 36.4 Å². The fraction of sp³-hybridized carbons (Fsp3) is 0.412. The second-order valence-electron chi connectivity index (χ2n) is 4.75. The molecule has 1 atom stereocenters. The number of hydrogen-bond acceptors (Lipinski definition) is 2. The molecule has 0 N–H and O–H groups in total. The van der Waals surface area contributed by atoms with Gasteiger partial charge in [-0.15, -0.1) is 0 Å². The van der Waals surface area contributed by atoms with E-state index >= 15 is 0 Å². The van der Waals surface area contributed by atoms with Gasteiger partial charge in [0, 0.05) is 6.42 Å². The van der Waals surface area contributed by atoms with E-state index in [4.69, 9.17) is 9.47 Å². The van der Waals surface area contributed by atoms with Crippen molar-refractivity contribution in [3.05, 3.63) is 42.0 Å². The second kappa shape index (κ2) is 7.03. The highest BCUT2D eigenvalue weighted by Gasteiger charge is 2.14.